The number of anilines is 1. The lowest BCUT2D eigenvalue weighted by molar-refractivity contribution is -0.137. The molecule has 0 aromatic heterocycles. The number of aliphatic hydroxyl groups is 1. The van der Waals surface area contributed by atoms with E-state index in [0.717, 1.165) is 62.7 Å². The second-order valence-corrected chi connectivity index (χ2v) is 9.87. The molecule has 0 radical (unpaired) electrons. The third kappa shape index (κ3) is 2.42. The van der Waals surface area contributed by atoms with Gasteiger partial charge in [-0.2, -0.15) is 0 Å². The molecule has 1 spiro atoms. The van der Waals surface area contributed by atoms with E-state index in [1.54, 1.807) is 0 Å². The highest BCUT2D eigenvalue weighted by Crippen LogP contribution is 2.55. The van der Waals surface area contributed by atoms with Crippen molar-refractivity contribution in [3.63, 3.8) is 0 Å². The van der Waals surface area contributed by atoms with Crippen LogP contribution >= 0.6 is 0 Å². The molecule has 5 aliphatic rings. The summed E-state index contributed by atoms with van der Waals surface area (Å²) in [5, 5.41) is 16.3. The molecule has 3 heterocycles. The monoisotopic (exact) mass is 395 g/mol. The molecular formula is C23H29N3O3. The van der Waals surface area contributed by atoms with Gasteiger partial charge in [0.15, 0.2) is 0 Å². The van der Waals surface area contributed by atoms with Crippen molar-refractivity contribution < 1.29 is 14.7 Å². The minimum atomic E-state index is -0.855. The third-order valence-corrected chi connectivity index (χ3v) is 8.43. The van der Waals surface area contributed by atoms with Gasteiger partial charge in [-0.15, -0.1) is 0 Å². The molecule has 2 unspecified atom stereocenters. The lowest BCUT2D eigenvalue weighted by Gasteiger charge is -2.36. The highest BCUT2D eigenvalue weighted by atomic mass is 16.3. The van der Waals surface area contributed by atoms with Crippen molar-refractivity contribution in [2.24, 2.45) is 17.8 Å². The summed E-state index contributed by atoms with van der Waals surface area (Å²) >= 11 is 0. The predicted molar refractivity (Wildman–Crippen MR) is 108 cm³/mol. The minimum absolute atomic E-state index is 0.0327. The zero-order valence-electron chi connectivity index (χ0n) is 16.6. The molecule has 3 N–H and O–H groups in total. The predicted octanol–water partition coefficient (Wildman–Crippen LogP) is 1.98. The molecule has 29 heavy (non-hydrogen) atoms. The largest absolute Gasteiger partial charge is 0.393 e. The molecule has 154 valence electrons. The Bertz CT molecular complexity index is 859. The summed E-state index contributed by atoms with van der Waals surface area (Å²) in [7, 11) is 0. The standard InChI is InChI=1S/C23H29N3O3/c27-17-10-13-8-15(9-14(13)11-17)24-21(28)19-12-16-4-3-7-26(16)23(19)18-5-1-2-6-20(18)25-22(23)29/h1-2,5-6,13-17,19,27H,3-4,7-12H2,(H,24,28)(H,25,29)/t13-,14+,15?,16-,17?,19+,23+/m1/s1. The maximum absolute atomic E-state index is 13.6. The van der Waals surface area contributed by atoms with Gasteiger partial charge in [-0.3, -0.25) is 14.5 Å². The molecule has 6 heteroatoms. The van der Waals surface area contributed by atoms with E-state index < -0.39 is 5.54 Å². The average molecular weight is 396 g/mol. The van der Waals surface area contributed by atoms with E-state index in [1.165, 1.54) is 0 Å². The van der Waals surface area contributed by atoms with E-state index in [0.29, 0.717) is 17.9 Å². The normalized spacial score (nSPS) is 42.7. The highest BCUT2D eigenvalue weighted by molar-refractivity contribution is 6.09. The first-order chi connectivity index (χ1) is 14.1. The third-order valence-electron chi connectivity index (χ3n) is 8.43. The molecular weight excluding hydrogens is 366 g/mol. The number of hydrogen-bond acceptors (Lipinski definition) is 4. The number of benzene rings is 1. The van der Waals surface area contributed by atoms with E-state index in [-0.39, 0.29) is 29.9 Å². The number of fused-ring (bicyclic) bond motifs is 5. The Morgan fingerprint density at radius 1 is 1.14 bits per heavy atom. The fraction of sp³-hybridized carbons (Fsp3) is 0.652. The Kier molecular flexibility index (Phi) is 3.88. The van der Waals surface area contributed by atoms with Gasteiger partial charge in [-0.05, 0) is 69.4 Å². The molecule has 7 atom stereocenters. The summed E-state index contributed by atoms with van der Waals surface area (Å²) in [4.78, 5) is 29.3. The first-order valence-corrected chi connectivity index (χ1v) is 11.2. The SMILES string of the molecule is O=C(NC1C[C@H]2CC(O)C[C@H]2C1)[C@@H]1C[C@H]2CCCN2[C@]12C(=O)Nc1ccccc12. The Balaban J connectivity index is 1.30. The quantitative estimate of drug-likeness (QED) is 0.715. The van der Waals surface area contributed by atoms with Crippen LogP contribution < -0.4 is 10.6 Å². The average Bonchev–Trinajstić information content (AvgIpc) is 3.44. The molecule has 6 rings (SSSR count). The molecule has 1 aromatic carbocycles. The van der Waals surface area contributed by atoms with Crippen molar-refractivity contribution in [3.8, 4) is 0 Å². The van der Waals surface area contributed by atoms with Gasteiger partial charge in [0, 0.05) is 23.3 Å². The van der Waals surface area contributed by atoms with Gasteiger partial charge >= 0.3 is 0 Å². The summed E-state index contributed by atoms with van der Waals surface area (Å²) < 4.78 is 0. The summed E-state index contributed by atoms with van der Waals surface area (Å²) in [6, 6.07) is 8.37. The van der Waals surface area contributed by atoms with Crippen molar-refractivity contribution in [1.82, 2.24) is 10.2 Å². The van der Waals surface area contributed by atoms with Gasteiger partial charge in [0.05, 0.1) is 12.0 Å². The maximum Gasteiger partial charge on any atom is 0.250 e. The molecule has 2 aliphatic carbocycles. The molecule has 6 nitrogen and oxygen atoms in total. The highest BCUT2D eigenvalue weighted by Gasteiger charge is 2.65. The van der Waals surface area contributed by atoms with Gasteiger partial charge in [0.25, 0.3) is 0 Å². The van der Waals surface area contributed by atoms with Gasteiger partial charge < -0.3 is 15.7 Å². The molecule has 2 saturated heterocycles. The van der Waals surface area contributed by atoms with E-state index in [1.807, 2.05) is 24.3 Å². The molecule has 1 aromatic rings. The van der Waals surface area contributed by atoms with E-state index in [4.69, 9.17) is 0 Å². The van der Waals surface area contributed by atoms with Crippen LogP contribution in [0.1, 0.15) is 50.5 Å². The number of aliphatic hydroxyl groups excluding tert-OH is 1. The van der Waals surface area contributed by atoms with E-state index in [2.05, 4.69) is 15.5 Å². The Morgan fingerprint density at radius 3 is 2.69 bits per heavy atom. The van der Waals surface area contributed by atoms with Crippen LogP contribution in [0.15, 0.2) is 24.3 Å². The second-order valence-electron chi connectivity index (χ2n) is 9.87. The topological polar surface area (TPSA) is 81.7 Å². The fourth-order valence-electron chi connectivity index (χ4n) is 7.38. The first-order valence-electron chi connectivity index (χ1n) is 11.2. The lowest BCUT2D eigenvalue weighted by atomic mass is 9.78. The van der Waals surface area contributed by atoms with Crippen LogP contribution in [-0.2, 0) is 15.1 Å². The number of carbonyl (C=O) groups is 2. The molecule has 3 aliphatic heterocycles. The molecule has 0 bridgehead atoms. The molecule has 2 saturated carbocycles. The van der Waals surface area contributed by atoms with Crippen molar-refractivity contribution >= 4 is 17.5 Å². The minimum Gasteiger partial charge on any atom is -0.393 e. The number of nitrogens with one attached hydrogen (secondary N) is 2. The van der Waals surface area contributed by atoms with Crippen LogP contribution in [0.3, 0.4) is 0 Å². The van der Waals surface area contributed by atoms with Gasteiger partial charge in [-0.25, -0.2) is 0 Å². The zero-order valence-corrected chi connectivity index (χ0v) is 16.6. The van der Waals surface area contributed by atoms with Gasteiger partial charge in [0.2, 0.25) is 11.8 Å². The summed E-state index contributed by atoms with van der Waals surface area (Å²) in [6.07, 6.45) is 6.41. The van der Waals surface area contributed by atoms with Crippen LogP contribution in [0.5, 0.6) is 0 Å². The second kappa shape index (κ2) is 6.29. The van der Waals surface area contributed by atoms with Crippen LogP contribution in [-0.4, -0.2) is 46.6 Å². The first kappa shape index (κ1) is 17.9. The van der Waals surface area contributed by atoms with Crippen LogP contribution in [0, 0.1) is 17.8 Å². The summed E-state index contributed by atoms with van der Waals surface area (Å²) in [5.41, 5.74) is 0.972. The van der Waals surface area contributed by atoms with Gasteiger partial charge in [-0.1, -0.05) is 18.2 Å². The summed E-state index contributed by atoms with van der Waals surface area (Å²) in [5.74, 6) is 0.729. The number of carbonyl (C=O) groups excluding carboxylic acids is 2. The van der Waals surface area contributed by atoms with Crippen LogP contribution in [0.25, 0.3) is 0 Å². The number of amides is 2. The van der Waals surface area contributed by atoms with Crippen molar-refractivity contribution in [2.75, 3.05) is 11.9 Å². The molecule has 2 amide bonds. The van der Waals surface area contributed by atoms with Crippen molar-refractivity contribution in [1.29, 1.82) is 0 Å². The van der Waals surface area contributed by atoms with Crippen molar-refractivity contribution in [3.05, 3.63) is 29.8 Å². The Hall–Kier alpha value is -1.92. The van der Waals surface area contributed by atoms with Gasteiger partial charge in [0.1, 0.15) is 5.54 Å². The smallest absolute Gasteiger partial charge is 0.250 e. The fourth-order valence-corrected chi connectivity index (χ4v) is 7.38. The number of nitrogens with zero attached hydrogens (tertiary/aromatic N) is 1. The lowest BCUT2D eigenvalue weighted by Crippen LogP contribution is -2.55. The number of rotatable bonds is 2. The number of hydrogen-bond donors (Lipinski definition) is 3. The van der Waals surface area contributed by atoms with Crippen LogP contribution in [0.4, 0.5) is 5.69 Å². The molecule has 4 fully saturated rings. The van der Waals surface area contributed by atoms with E-state index in [9.17, 15) is 14.7 Å². The zero-order chi connectivity index (χ0) is 19.8. The number of para-hydroxylation sites is 1. The van der Waals surface area contributed by atoms with Crippen molar-refractivity contribution in [2.45, 2.75) is 68.7 Å². The maximum atomic E-state index is 13.6. The van der Waals surface area contributed by atoms with Crippen LogP contribution in [0.2, 0.25) is 0 Å². The Labute approximate surface area is 171 Å². The summed E-state index contributed by atoms with van der Waals surface area (Å²) in [6.45, 7) is 0.877. The Morgan fingerprint density at radius 2 is 1.90 bits per heavy atom. The van der Waals surface area contributed by atoms with E-state index >= 15 is 0 Å².